The van der Waals surface area contributed by atoms with Crippen LogP contribution in [-0.4, -0.2) is 0 Å². The molecule has 1 rings (SSSR count). The zero-order chi connectivity index (χ0) is 8.59. The Labute approximate surface area is 68.8 Å². The molecule has 3 heteroatoms. The van der Waals surface area contributed by atoms with E-state index in [9.17, 15) is 8.78 Å². The lowest BCUT2D eigenvalue weighted by atomic mass is 10.1. The van der Waals surface area contributed by atoms with Crippen molar-refractivity contribution in [2.24, 2.45) is 0 Å². The molecule has 0 saturated heterocycles. The molecule has 0 aliphatic carbocycles. The first-order chi connectivity index (χ1) is 5.04. The van der Waals surface area contributed by atoms with E-state index in [0.717, 1.165) is 6.07 Å². The molecule has 0 bridgehead atoms. The molecule has 0 aromatic heterocycles. The van der Waals surface area contributed by atoms with Crippen LogP contribution in [0.3, 0.4) is 0 Å². The molecule has 0 nitrogen and oxygen atoms in total. The van der Waals surface area contributed by atoms with Crippen molar-refractivity contribution >= 4 is 11.6 Å². The minimum Gasteiger partial charge on any atom is -0.206 e. The van der Waals surface area contributed by atoms with Gasteiger partial charge in [-0.05, 0) is 25.5 Å². The van der Waals surface area contributed by atoms with E-state index in [4.69, 9.17) is 11.6 Å². The first kappa shape index (κ1) is 8.47. The monoisotopic (exact) mass is 176 g/mol. The molecule has 60 valence electrons. The highest BCUT2D eigenvalue weighted by Gasteiger charge is 2.10. The summed E-state index contributed by atoms with van der Waals surface area (Å²) in [5.74, 6) is -1.00. The topological polar surface area (TPSA) is 0 Å². The van der Waals surface area contributed by atoms with Crippen molar-refractivity contribution in [2.45, 2.75) is 13.8 Å². The Bertz CT molecular complexity index is 268. The van der Waals surface area contributed by atoms with Gasteiger partial charge in [-0.3, -0.25) is 0 Å². The molecule has 0 saturated carbocycles. The van der Waals surface area contributed by atoms with Crippen LogP contribution in [0, 0.1) is 25.5 Å². The van der Waals surface area contributed by atoms with Crippen LogP contribution in [0.2, 0.25) is 5.02 Å². The van der Waals surface area contributed by atoms with Crippen molar-refractivity contribution in [3.05, 3.63) is 33.9 Å². The largest absolute Gasteiger partial charge is 0.206 e. The zero-order valence-electron chi connectivity index (χ0n) is 6.21. The summed E-state index contributed by atoms with van der Waals surface area (Å²) >= 11 is 5.44. The molecule has 0 N–H and O–H groups in total. The molecule has 0 spiro atoms. The molecule has 1 aromatic rings. The van der Waals surface area contributed by atoms with Crippen LogP contribution in [-0.2, 0) is 0 Å². The summed E-state index contributed by atoms with van der Waals surface area (Å²) in [5.41, 5.74) is 0.452. The van der Waals surface area contributed by atoms with E-state index in [2.05, 4.69) is 0 Å². The lowest BCUT2D eigenvalue weighted by Crippen LogP contribution is -1.91. The molecular formula is C8H7ClF2. The predicted molar refractivity (Wildman–Crippen MR) is 40.8 cm³/mol. The average Bonchev–Trinajstić information content (AvgIpc) is 1.97. The molecule has 0 radical (unpaired) electrons. The van der Waals surface area contributed by atoms with Crippen LogP contribution in [0.15, 0.2) is 6.07 Å². The first-order valence-electron chi connectivity index (χ1n) is 3.14. The standard InChI is InChI=1S/C8H7ClF2/c1-4-3-6(10)7(9)5(2)8(4)11/h3H,1-2H3. The minimum atomic E-state index is -0.567. The summed E-state index contributed by atoms with van der Waals surface area (Å²) in [6, 6.07) is 1.09. The van der Waals surface area contributed by atoms with Crippen molar-refractivity contribution in [1.29, 1.82) is 0 Å². The molecule has 11 heavy (non-hydrogen) atoms. The fourth-order valence-electron chi connectivity index (χ4n) is 0.888. The zero-order valence-corrected chi connectivity index (χ0v) is 6.97. The van der Waals surface area contributed by atoms with E-state index in [0.29, 0.717) is 0 Å². The molecule has 0 atom stereocenters. The quantitative estimate of drug-likeness (QED) is 0.533. The summed E-state index contributed by atoms with van der Waals surface area (Å²) in [6.45, 7) is 2.95. The van der Waals surface area contributed by atoms with E-state index in [1.807, 2.05) is 0 Å². The van der Waals surface area contributed by atoms with Crippen LogP contribution in [0.4, 0.5) is 8.78 Å². The number of aryl methyl sites for hydroxylation is 1. The Kier molecular flexibility index (Phi) is 2.14. The Morgan fingerprint density at radius 3 is 2.36 bits per heavy atom. The molecule has 1 aromatic carbocycles. The number of rotatable bonds is 0. The highest BCUT2D eigenvalue weighted by Crippen LogP contribution is 2.24. The molecule has 0 heterocycles. The fourth-order valence-corrected chi connectivity index (χ4v) is 1.03. The maximum absolute atomic E-state index is 12.9. The summed E-state index contributed by atoms with van der Waals surface area (Å²) in [4.78, 5) is 0. The number of halogens is 3. The van der Waals surface area contributed by atoms with Gasteiger partial charge in [0.2, 0.25) is 0 Å². The number of hydrogen-bond acceptors (Lipinski definition) is 0. The Balaban J connectivity index is 3.46. The minimum absolute atomic E-state index is 0.131. The van der Waals surface area contributed by atoms with Crippen molar-refractivity contribution < 1.29 is 8.78 Å². The summed E-state index contributed by atoms with van der Waals surface area (Å²) in [7, 11) is 0. The van der Waals surface area contributed by atoms with Gasteiger partial charge in [0.25, 0.3) is 0 Å². The third-order valence-corrected chi connectivity index (χ3v) is 2.02. The van der Waals surface area contributed by atoms with E-state index >= 15 is 0 Å². The van der Waals surface area contributed by atoms with Crippen molar-refractivity contribution in [3.8, 4) is 0 Å². The normalized spacial score (nSPS) is 10.3. The molecule has 0 fully saturated rings. The highest BCUT2D eigenvalue weighted by molar-refractivity contribution is 6.31. The second-order valence-corrected chi connectivity index (χ2v) is 2.81. The highest BCUT2D eigenvalue weighted by atomic mass is 35.5. The SMILES string of the molecule is Cc1cc(F)c(Cl)c(C)c1F. The van der Waals surface area contributed by atoms with E-state index < -0.39 is 11.6 Å². The first-order valence-corrected chi connectivity index (χ1v) is 3.52. The third kappa shape index (κ3) is 1.36. The van der Waals surface area contributed by atoms with Crippen molar-refractivity contribution in [3.63, 3.8) is 0 Å². The van der Waals surface area contributed by atoms with Gasteiger partial charge in [0.1, 0.15) is 11.6 Å². The van der Waals surface area contributed by atoms with Crippen LogP contribution in [0.1, 0.15) is 11.1 Å². The second-order valence-electron chi connectivity index (χ2n) is 2.43. The number of benzene rings is 1. The van der Waals surface area contributed by atoms with Crippen LogP contribution >= 0.6 is 11.6 Å². The maximum atomic E-state index is 12.9. The lowest BCUT2D eigenvalue weighted by molar-refractivity contribution is 0.584. The van der Waals surface area contributed by atoms with Gasteiger partial charge < -0.3 is 0 Å². The van der Waals surface area contributed by atoms with Gasteiger partial charge in [-0.2, -0.15) is 0 Å². The summed E-state index contributed by atoms with van der Waals surface area (Å²) < 4.78 is 25.6. The molecule has 0 amide bonds. The smallest absolute Gasteiger partial charge is 0.142 e. The average molecular weight is 177 g/mol. The van der Waals surface area contributed by atoms with Gasteiger partial charge in [-0.1, -0.05) is 11.6 Å². The molecule has 0 aliphatic heterocycles. The summed E-state index contributed by atoms with van der Waals surface area (Å²) in [6.07, 6.45) is 0. The van der Waals surface area contributed by atoms with Gasteiger partial charge in [0.15, 0.2) is 0 Å². The summed E-state index contributed by atoms with van der Waals surface area (Å²) in [5, 5.41) is -0.131. The Morgan fingerprint density at radius 1 is 1.27 bits per heavy atom. The Morgan fingerprint density at radius 2 is 1.82 bits per heavy atom. The lowest BCUT2D eigenvalue weighted by Gasteiger charge is -2.03. The second kappa shape index (κ2) is 2.78. The van der Waals surface area contributed by atoms with Gasteiger partial charge in [0, 0.05) is 5.56 Å². The van der Waals surface area contributed by atoms with Gasteiger partial charge >= 0.3 is 0 Å². The van der Waals surface area contributed by atoms with E-state index in [-0.39, 0.29) is 16.1 Å². The third-order valence-electron chi connectivity index (χ3n) is 1.56. The van der Waals surface area contributed by atoms with E-state index in [1.54, 1.807) is 0 Å². The fraction of sp³-hybridized carbons (Fsp3) is 0.250. The molecule has 0 unspecified atom stereocenters. The van der Waals surface area contributed by atoms with Crippen molar-refractivity contribution in [1.82, 2.24) is 0 Å². The van der Waals surface area contributed by atoms with Crippen LogP contribution < -0.4 is 0 Å². The maximum Gasteiger partial charge on any atom is 0.142 e. The Hall–Kier alpha value is -0.630. The van der Waals surface area contributed by atoms with Crippen molar-refractivity contribution in [2.75, 3.05) is 0 Å². The predicted octanol–water partition coefficient (Wildman–Crippen LogP) is 3.24. The van der Waals surface area contributed by atoms with E-state index in [1.165, 1.54) is 13.8 Å². The molecular weight excluding hydrogens is 170 g/mol. The van der Waals surface area contributed by atoms with Gasteiger partial charge in [0.05, 0.1) is 5.02 Å². The number of hydrogen-bond donors (Lipinski definition) is 0. The molecule has 0 aliphatic rings. The van der Waals surface area contributed by atoms with Crippen LogP contribution in [0.25, 0.3) is 0 Å². The van der Waals surface area contributed by atoms with Crippen LogP contribution in [0.5, 0.6) is 0 Å². The van der Waals surface area contributed by atoms with Gasteiger partial charge in [-0.15, -0.1) is 0 Å². The van der Waals surface area contributed by atoms with Gasteiger partial charge in [-0.25, -0.2) is 8.78 Å².